The van der Waals surface area contributed by atoms with E-state index in [9.17, 15) is 34.8 Å². The van der Waals surface area contributed by atoms with Crippen molar-refractivity contribution in [3.63, 3.8) is 0 Å². The second-order valence-electron chi connectivity index (χ2n) is 15.6. The number of esters is 1. The molecule has 44 heavy (non-hydrogen) atoms. The summed E-state index contributed by atoms with van der Waals surface area (Å²) in [4.78, 5) is 36.5. The highest BCUT2D eigenvalue weighted by molar-refractivity contribution is 5.78. The molecule has 4 rings (SSSR count). The van der Waals surface area contributed by atoms with Gasteiger partial charge in [-0.3, -0.25) is 14.4 Å². The van der Waals surface area contributed by atoms with Crippen molar-refractivity contribution >= 4 is 17.9 Å². The molecule has 1 fully saturated rings. The molecule has 8 nitrogen and oxygen atoms in total. The lowest BCUT2D eigenvalue weighted by atomic mass is 9.42. The molecule has 0 amide bonds. The Hall–Kier alpha value is -2.45. The van der Waals surface area contributed by atoms with Crippen LogP contribution in [0.1, 0.15) is 100 Å². The molecule has 0 spiro atoms. The zero-order chi connectivity index (χ0) is 33.1. The highest BCUT2D eigenvalue weighted by atomic mass is 16.6. The average molecular weight is 615 g/mol. The van der Waals surface area contributed by atoms with Gasteiger partial charge in [0.05, 0.1) is 18.4 Å². The van der Waals surface area contributed by atoms with Crippen molar-refractivity contribution in [1.82, 2.24) is 0 Å². The number of hydrogen-bond acceptors (Lipinski definition) is 6. The zero-order valence-electron chi connectivity index (χ0n) is 27.9. The van der Waals surface area contributed by atoms with E-state index in [4.69, 9.17) is 4.74 Å². The summed E-state index contributed by atoms with van der Waals surface area (Å²) in [6.07, 6.45) is 3.01. The summed E-state index contributed by atoms with van der Waals surface area (Å²) in [5.74, 6) is -4.17. The Bertz CT molecular complexity index is 1260. The lowest BCUT2D eigenvalue weighted by Gasteiger charge is -2.63. The minimum absolute atomic E-state index is 0.131. The Morgan fingerprint density at radius 2 is 1.73 bits per heavy atom. The topological polar surface area (TPSA) is 141 Å². The molecule has 0 bridgehead atoms. The van der Waals surface area contributed by atoms with Crippen LogP contribution in [0, 0.1) is 51.8 Å². The average Bonchev–Trinajstić information content (AvgIpc) is 3.25. The first-order valence-electron chi connectivity index (χ1n) is 16.4. The summed E-state index contributed by atoms with van der Waals surface area (Å²) < 4.78 is 6.06. The molecular formula is C36H54O8. The lowest BCUT2D eigenvalue weighted by Crippen LogP contribution is -2.62. The number of carboxylic acids is 2. The van der Waals surface area contributed by atoms with Crippen molar-refractivity contribution in [1.29, 1.82) is 0 Å². The number of ether oxygens (including phenoxy) is 1. The van der Waals surface area contributed by atoms with Crippen LogP contribution in [-0.2, 0) is 19.1 Å². The van der Waals surface area contributed by atoms with E-state index in [-0.39, 0.29) is 18.3 Å². The third-order valence-corrected chi connectivity index (χ3v) is 12.5. The number of aliphatic hydroxyl groups excluding tert-OH is 2. The van der Waals surface area contributed by atoms with Crippen molar-refractivity contribution in [2.75, 3.05) is 0 Å². The maximum Gasteiger partial charge on any atom is 0.307 e. The van der Waals surface area contributed by atoms with Crippen LogP contribution in [0.4, 0.5) is 0 Å². The number of allylic oxidation sites excluding steroid dienone is 3. The van der Waals surface area contributed by atoms with E-state index in [2.05, 4.69) is 40.3 Å². The molecule has 4 N–H and O–H groups in total. The quantitative estimate of drug-likeness (QED) is 0.169. The third kappa shape index (κ3) is 5.48. The molecule has 4 aliphatic carbocycles. The summed E-state index contributed by atoms with van der Waals surface area (Å²) >= 11 is 0. The molecule has 4 aliphatic rings. The zero-order valence-corrected chi connectivity index (χ0v) is 27.9. The third-order valence-electron chi connectivity index (χ3n) is 12.5. The molecule has 6 unspecified atom stereocenters. The Morgan fingerprint density at radius 1 is 1.09 bits per heavy atom. The van der Waals surface area contributed by atoms with Gasteiger partial charge in [0.25, 0.3) is 0 Å². The second kappa shape index (κ2) is 12.1. The predicted octanol–water partition coefficient (Wildman–Crippen LogP) is 6.17. The van der Waals surface area contributed by atoms with Crippen molar-refractivity contribution in [2.24, 2.45) is 51.8 Å². The first kappa shape index (κ1) is 34.4. The van der Waals surface area contributed by atoms with Gasteiger partial charge < -0.3 is 25.2 Å². The standard InChI is InChI=1S/C36H54O8/c1-18(2)19(3)10-11-20(4)24-13-14-25-22-12-15-27-34(6,7)29(23(33(42)43)16-28(39)40)26(38)17-35(27,8)30(22)31(41)32(36(24,25)9)44-21(5)37/h14,18,20,23-24,26-27,29,31-32,38,41H,3,10-13,15-17H2,1-2,4-9H3,(H,39,40)(H,42,43)/t20-,23?,24-,26?,27?,29?,31?,32?,35+,36-/m1/s1. The van der Waals surface area contributed by atoms with Crippen LogP contribution in [0.5, 0.6) is 0 Å². The van der Waals surface area contributed by atoms with Crippen molar-refractivity contribution in [2.45, 2.75) is 119 Å². The fourth-order valence-corrected chi connectivity index (χ4v) is 10.4. The van der Waals surface area contributed by atoms with Gasteiger partial charge in [-0.1, -0.05) is 66.7 Å². The van der Waals surface area contributed by atoms with Gasteiger partial charge in [0.2, 0.25) is 0 Å². The smallest absolute Gasteiger partial charge is 0.307 e. The number of carbonyl (C=O) groups is 3. The molecule has 0 aliphatic heterocycles. The van der Waals surface area contributed by atoms with Crippen LogP contribution in [0.15, 0.2) is 34.9 Å². The minimum atomic E-state index is -1.24. The second-order valence-corrected chi connectivity index (χ2v) is 15.6. The molecule has 246 valence electrons. The molecule has 0 saturated heterocycles. The molecule has 0 radical (unpaired) electrons. The van der Waals surface area contributed by atoms with Gasteiger partial charge in [0.15, 0.2) is 0 Å². The summed E-state index contributed by atoms with van der Waals surface area (Å²) in [6.45, 7) is 20.3. The normalized spacial score (nSPS) is 37.3. The monoisotopic (exact) mass is 614 g/mol. The highest BCUT2D eigenvalue weighted by Gasteiger charge is 2.66. The van der Waals surface area contributed by atoms with E-state index >= 15 is 0 Å². The number of rotatable bonds is 10. The summed E-state index contributed by atoms with van der Waals surface area (Å²) in [7, 11) is 0. The number of carbonyl (C=O) groups excluding carboxylic acids is 1. The predicted molar refractivity (Wildman–Crippen MR) is 167 cm³/mol. The number of aliphatic carboxylic acids is 2. The van der Waals surface area contributed by atoms with Crippen molar-refractivity contribution in [3.05, 3.63) is 34.9 Å². The number of hydrogen-bond donors (Lipinski definition) is 4. The van der Waals surface area contributed by atoms with Crippen molar-refractivity contribution in [3.8, 4) is 0 Å². The molecule has 0 aromatic heterocycles. The van der Waals surface area contributed by atoms with E-state index in [1.807, 2.05) is 20.8 Å². The maximum atomic E-state index is 12.6. The van der Waals surface area contributed by atoms with E-state index < -0.39 is 70.7 Å². The van der Waals surface area contributed by atoms with Gasteiger partial charge in [-0.15, -0.1) is 0 Å². The fraction of sp³-hybridized carbons (Fsp3) is 0.750. The molecular weight excluding hydrogens is 560 g/mol. The van der Waals surface area contributed by atoms with Crippen LogP contribution in [0.3, 0.4) is 0 Å². The van der Waals surface area contributed by atoms with Gasteiger partial charge in [-0.2, -0.15) is 0 Å². The largest absolute Gasteiger partial charge is 0.481 e. The van der Waals surface area contributed by atoms with E-state index in [1.165, 1.54) is 12.5 Å². The SMILES string of the molecule is C=C(CC[C@@H](C)[C@H]1CC=C2C3=C(C(O)C(OC(C)=O)[C@@]21C)[C@@]1(C)CC(O)C(C(CC(=O)O)C(=O)O)C(C)(C)C1CC3)C(C)C. The summed E-state index contributed by atoms with van der Waals surface area (Å²) in [5.41, 5.74) is 2.18. The van der Waals surface area contributed by atoms with Gasteiger partial charge in [-0.05, 0) is 89.7 Å². The molecule has 10 atom stereocenters. The Balaban J connectivity index is 1.78. The van der Waals surface area contributed by atoms with Crippen molar-refractivity contribution < 1.29 is 39.5 Å². The van der Waals surface area contributed by atoms with Gasteiger partial charge >= 0.3 is 17.9 Å². The first-order chi connectivity index (χ1) is 20.3. The van der Waals surface area contributed by atoms with Crippen LogP contribution in [0.2, 0.25) is 0 Å². The Morgan fingerprint density at radius 3 is 2.27 bits per heavy atom. The number of aliphatic hydroxyl groups is 2. The van der Waals surface area contributed by atoms with E-state index in [0.717, 1.165) is 42.4 Å². The van der Waals surface area contributed by atoms with Gasteiger partial charge in [-0.25, -0.2) is 0 Å². The highest BCUT2D eigenvalue weighted by Crippen LogP contribution is 2.68. The maximum absolute atomic E-state index is 12.6. The van der Waals surface area contributed by atoms with Crippen LogP contribution in [-0.4, -0.2) is 56.6 Å². The Kier molecular flexibility index (Phi) is 9.43. The molecule has 0 heterocycles. The summed E-state index contributed by atoms with van der Waals surface area (Å²) in [6, 6.07) is 0. The molecule has 0 aromatic carbocycles. The number of carboxylic acid groups (broad SMARTS) is 2. The minimum Gasteiger partial charge on any atom is -0.481 e. The molecule has 1 saturated carbocycles. The lowest BCUT2D eigenvalue weighted by molar-refractivity contribution is -0.178. The number of fused-ring (bicyclic) bond motifs is 4. The van der Waals surface area contributed by atoms with E-state index in [0.29, 0.717) is 18.3 Å². The first-order valence-corrected chi connectivity index (χ1v) is 16.4. The fourth-order valence-electron chi connectivity index (χ4n) is 10.4. The molecule has 8 heteroatoms. The van der Waals surface area contributed by atoms with Gasteiger partial charge in [0.1, 0.15) is 12.2 Å². The van der Waals surface area contributed by atoms with Crippen LogP contribution >= 0.6 is 0 Å². The van der Waals surface area contributed by atoms with Crippen LogP contribution < -0.4 is 0 Å². The molecule has 0 aromatic rings. The Labute approximate surface area is 262 Å². The summed E-state index contributed by atoms with van der Waals surface area (Å²) in [5, 5.41) is 43.5. The van der Waals surface area contributed by atoms with Gasteiger partial charge in [0, 0.05) is 18.3 Å². The van der Waals surface area contributed by atoms with Crippen LogP contribution in [0.25, 0.3) is 0 Å². The van der Waals surface area contributed by atoms with E-state index in [1.54, 1.807) is 0 Å².